The minimum atomic E-state index is -0.493. The van der Waals surface area contributed by atoms with Gasteiger partial charge in [0, 0.05) is 61.5 Å². The number of hydrogen-bond donors (Lipinski definition) is 2. The number of hydrogen-bond acceptors (Lipinski definition) is 7. The predicted octanol–water partition coefficient (Wildman–Crippen LogP) is 3.43. The van der Waals surface area contributed by atoms with Crippen molar-refractivity contribution in [3.63, 3.8) is 0 Å². The number of halogens is 2. The van der Waals surface area contributed by atoms with E-state index in [1.165, 1.54) is 18.5 Å². The van der Waals surface area contributed by atoms with Crippen LogP contribution in [0.3, 0.4) is 0 Å². The zero-order chi connectivity index (χ0) is 21.8. The lowest BCUT2D eigenvalue weighted by molar-refractivity contribution is -0.125. The molecule has 3 heterocycles. The topological polar surface area (TPSA) is 95.9 Å². The molecule has 0 unspecified atom stereocenters. The van der Waals surface area contributed by atoms with Crippen LogP contribution in [0.5, 0.6) is 0 Å². The lowest BCUT2D eigenvalue weighted by Gasteiger charge is -2.33. The summed E-state index contributed by atoms with van der Waals surface area (Å²) in [5, 5.41) is 5.81. The summed E-state index contributed by atoms with van der Waals surface area (Å²) in [6, 6.07) is 4.33. The Bertz CT molecular complexity index is 1070. The highest BCUT2D eigenvalue weighted by Crippen LogP contribution is 2.32. The van der Waals surface area contributed by atoms with Crippen molar-refractivity contribution >= 4 is 35.0 Å². The van der Waals surface area contributed by atoms with Gasteiger partial charge in [-0.05, 0) is 31.0 Å². The van der Waals surface area contributed by atoms with E-state index in [9.17, 15) is 9.18 Å². The van der Waals surface area contributed by atoms with Crippen molar-refractivity contribution in [2.75, 3.05) is 30.4 Å². The van der Waals surface area contributed by atoms with Gasteiger partial charge in [-0.3, -0.25) is 4.79 Å². The third-order valence-corrected chi connectivity index (χ3v) is 5.52. The van der Waals surface area contributed by atoms with Crippen molar-refractivity contribution < 1.29 is 9.18 Å². The highest BCUT2D eigenvalue weighted by molar-refractivity contribution is 6.31. The van der Waals surface area contributed by atoms with Gasteiger partial charge in [-0.15, -0.1) is 0 Å². The van der Waals surface area contributed by atoms with Gasteiger partial charge in [-0.1, -0.05) is 11.6 Å². The molecule has 1 aromatic carbocycles. The first-order chi connectivity index (χ1) is 15.0. The van der Waals surface area contributed by atoms with E-state index in [4.69, 9.17) is 16.6 Å². The molecule has 1 aliphatic rings. The number of nitrogens with zero attached hydrogens (tertiary/aromatic N) is 5. The summed E-state index contributed by atoms with van der Waals surface area (Å²) in [6.45, 7) is 1.36. The second kappa shape index (κ2) is 9.22. The summed E-state index contributed by atoms with van der Waals surface area (Å²) < 4.78 is 13.5. The van der Waals surface area contributed by atoms with E-state index in [2.05, 4.69) is 30.5 Å². The van der Waals surface area contributed by atoms with Gasteiger partial charge in [0.05, 0.1) is 5.02 Å². The fourth-order valence-electron chi connectivity index (χ4n) is 3.58. The standard InChI is InChI=1S/C21H21ClFN7O/c1-24-20(31)13-4-6-30(7-5-13)19-16(14-9-25-12-26-10-14)11-27-21(29-19)28-15-2-3-18(23)17(22)8-15/h2-3,8-13H,4-7H2,1H3,(H,24,31)(H,27,28,29). The van der Waals surface area contributed by atoms with Crippen LogP contribution in [-0.2, 0) is 4.79 Å². The molecule has 0 aliphatic carbocycles. The maximum absolute atomic E-state index is 13.5. The summed E-state index contributed by atoms with van der Waals surface area (Å²) >= 11 is 5.88. The van der Waals surface area contributed by atoms with E-state index in [-0.39, 0.29) is 16.8 Å². The van der Waals surface area contributed by atoms with Crippen LogP contribution < -0.4 is 15.5 Å². The summed E-state index contributed by atoms with van der Waals surface area (Å²) in [5.74, 6) is 0.634. The highest BCUT2D eigenvalue weighted by Gasteiger charge is 2.27. The molecule has 0 atom stereocenters. The monoisotopic (exact) mass is 441 g/mol. The second-order valence-corrected chi connectivity index (χ2v) is 7.59. The zero-order valence-electron chi connectivity index (χ0n) is 16.8. The van der Waals surface area contributed by atoms with Crippen molar-refractivity contribution in [2.45, 2.75) is 12.8 Å². The number of rotatable bonds is 5. The molecule has 8 nitrogen and oxygen atoms in total. The van der Waals surface area contributed by atoms with Crippen molar-refractivity contribution in [2.24, 2.45) is 5.92 Å². The largest absolute Gasteiger partial charge is 0.359 e. The Labute approximate surface area is 183 Å². The first kappa shape index (κ1) is 20.9. The van der Waals surface area contributed by atoms with E-state index in [1.54, 1.807) is 31.7 Å². The van der Waals surface area contributed by atoms with Gasteiger partial charge < -0.3 is 15.5 Å². The van der Waals surface area contributed by atoms with Gasteiger partial charge in [0.15, 0.2) is 0 Å². The number of benzene rings is 1. The van der Waals surface area contributed by atoms with Gasteiger partial charge in [0.2, 0.25) is 11.9 Å². The van der Waals surface area contributed by atoms with Gasteiger partial charge in [-0.25, -0.2) is 19.3 Å². The molecule has 1 amide bonds. The molecule has 0 bridgehead atoms. The number of anilines is 3. The van der Waals surface area contributed by atoms with Crippen LogP contribution in [0.25, 0.3) is 11.1 Å². The fourth-order valence-corrected chi connectivity index (χ4v) is 3.76. The molecule has 1 fully saturated rings. The number of carbonyl (C=O) groups is 1. The molecule has 31 heavy (non-hydrogen) atoms. The summed E-state index contributed by atoms with van der Waals surface area (Å²) in [5.41, 5.74) is 2.16. The minimum Gasteiger partial charge on any atom is -0.359 e. The number of piperidine rings is 1. The van der Waals surface area contributed by atoms with E-state index in [1.807, 2.05) is 0 Å². The summed E-state index contributed by atoms with van der Waals surface area (Å²) in [6.07, 6.45) is 8.04. The normalized spacial score (nSPS) is 14.4. The third-order valence-electron chi connectivity index (χ3n) is 5.23. The first-order valence-electron chi connectivity index (χ1n) is 9.86. The molecular formula is C21H21ClFN7O. The molecule has 160 valence electrons. The molecule has 3 aromatic rings. The molecule has 0 spiro atoms. The van der Waals surface area contributed by atoms with Crippen LogP contribution in [0.4, 0.5) is 21.8 Å². The Morgan fingerprint density at radius 1 is 1.19 bits per heavy atom. The van der Waals surface area contributed by atoms with Crippen molar-refractivity contribution in [1.29, 1.82) is 0 Å². The van der Waals surface area contributed by atoms with Crippen LogP contribution in [0, 0.1) is 11.7 Å². The third kappa shape index (κ3) is 4.72. The van der Waals surface area contributed by atoms with Crippen molar-refractivity contribution in [3.8, 4) is 11.1 Å². The number of nitrogens with one attached hydrogen (secondary N) is 2. The molecule has 4 rings (SSSR count). The van der Waals surface area contributed by atoms with E-state index in [0.717, 1.165) is 29.8 Å². The minimum absolute atomic E-state index is 0.00875. The van der Waals surface area contributed by atoms with Gasteiger partial charge in [0.1, 0.15) is 18.0 Å². The molecular weight excluding hydrogens is 421 g/mol. The van der Waals surface area contributed by atoms with Crippen LogP contribution in [0.2, 0.25) is 5.02 Å². The second-order valence-electron chi connectivity index (χ2n) is 7.19. The first-order valence-corrected chi connectivity index (χ1v) is 10.2. The Hall–Kier alpha value is -3.33. The van der Waals surface area contributed by atoms with Crippen LogP contribution >= 0.6 is 11.6 Å². The fraction of sp³-hybridized carbons (Fsp3) is 0.286. The molecule has 2 N–H and O–H groups in total. The molecule has 1 saturated heterocycles. The number of carbonyl (C=O) groups excluding carboxylic acids is 1. The molecule has 0 radical (unpaired) electrons. The Morgan fingerprint density at radius 3 is 2.61 bits per heavy atom. The molecule has 0 saturated carbocycles. The quantitative estimate of drug-likeness (QED) is 0.626. The smallest absolute Gasteiger partial charge is 0.229 e. The van der Waals surface area contributed by atoms with E-state index in [0.29, 0.717) is 24.7 Å². The average Bonchev–Trinajstić information content (AvgIpc) is 2.81. The Balaban J connectivity index is 1.64. The Kier molecular flexibility index (Phi) is 6.22. The van der Waals surface area contributed by atoms with E-state index < -0.39 is 5.82 Å². The van der Waals surface area contributed by atoms with Gasteiger partial charge in [0.25, 0.3) is 0 Å². The van der Waals surface area contributed by atoms with Crippen molar-refractivity contribution in [3.05, 3.63) is 54.0 Å². The van der Waals surface area contributed by atoms with Crippen LogP contribution in [-0.4, -0.2) is 46.0 Å². The van der Waals surface area contributed by atoms with Crippen molar-refractivity contribution in [1.82, 2.24) is 25.3 Å². The van der Waals surface area contributed by atoms with E-state index >= 15 is 0 Å². The predicted molar refractivity (Wildman–Crippen MR) is 117 cm³/mol. The Morgan fingerprint density at radius 2 is 1.94 bits per heavy atom. The molecule has 1 aliphatic heterocycles. The lowest BCUT2D eigenvalue weighted by Crippen LogP contribution is -2.40. The maximum atomic E-state index is 13.5. The summed E-state index contributed by atoms with van der Waals surface area (Å²) in [7, 11) is 1.66. The van der Waals surface area contributed by atoms with Crippen LogP contribution in [0.15, 0.2) is 43.1 Å². The number of aromatic nitrogens is 4. The molecule has 10 heteroatoms. The number of amides is 1. The van der Waals surface area contributed by atoms with Gasteiger partial charge >= 0.3 is 0 Å². The van der Waals surface area contributed by atoms with Crippen LogP contribution in [0.1, 0.15) is 12.8 Å². The van der Waals surface area contributed by atoms with Gasteiger partial charge in [-0.2, -0.15) is 4.98 Å². The average molecular weight is 442 g/mol. The summed E-state index contributed by atoms with van der Waals surface area (Å²) in [4.78, 5) is 31.4. The molecule has 2 aromatic heterocycles. The lowest BCUT2D eigenvalue weighted by atomic mass is 9.95. The SMILES string of the molecule is CNC(=O)C1CCN(c2nc(Nc3ccc(F)c(Cl)c3)ncc2-c2cncnc2)CC1. The maximum Gasteiger partial charge on any atom is 0.229 e. The highest BCUT2D eigenvalue weighted by atomic mass is 35.5. The zero-order valence-corrected chi connectivity index (χ0v) is 17.6.